The molecule has 0 bridgehead atoms. The van der Waals surface area contributed by atoms with E-state index in [0.29, 0.717) is 35.4 Å². The number of esters is 1. The van der Waals surface area contributed by atoms with Crippen LogP contribution in [0.1, 0.15) is 45.1 Å². The van der Waals surface area contributed by atoms with Crippen molar-refractivity contribution < 1.29 is 32.8 Å². The summed E-state index contributed by atoms with van der Waals surface area (Å²) in [5.41, 5.74) is 0.807. The second-order valence-electron chi connectivity index (χ2n) is 9.15. The average molecular weight is 511 g/mol. The summed E-state index contributed by atoms with van der Waals surface area (Å²) in [6, 6.07) is 5.01. The molecule has 1 aromatic carbocycles. The van der Waals surface area contributed by atoms with E-state index in [1.165, 1.54) is 7.11 Å². The van der Waals surface area contributed by atoms with Crippen molar-refractivity contribution in [1.29, 1.82) is 0 Å². The third-order valence-corrected chi connectivity index (χ3v) is 5.03. The van der Waals surface area contributed by atoms with E-state index in [2.05, 4.69) is 46.0 Å². The van der Waals surface area contributed by atoms with E-state index in [1.54, 1.807) is 18.2 Å². The molecule has 0 heterocycles. The first kappa shape index (κ1) is 30.4. The Hall–Kier alpha value is -2.64. The molecule has 0 aliphatic carbocycles. The molecule has 2 N–H and O–H groups in total. The van der Waals surface area contributed by atoms with Crippen molar-refractivity contribution in [3.05, 3.63) is 35.9 Å². The van der Waals surface area contributed by atoms with Gasteiger partial charge in [0.15, 0.2) is 11.5 Å². The first-order chi connectivity index (χ1) is 16.5. The number of carbonyl (C=O) groups is 3. The Labute approximate surface area is 211 Å². The van der Waals surface area contributed by atoms with E-state index >= 15 is 0 Å². The predicted octanol–water partition coefficient (Wildman–Crippen LogP) is 3.58. The summed E-state index contributed by atoms with van der Waals surface area (Å²) in [5, 5.41) is 5.25. The molecule has 0 saturated heterocycles. The van der Waals surface area contributed by atoms with Crippen LogP contribution in [0.15, 0.2) is 30.4 Å². The van der Waals surface area contributed by atoms with Gasteiger partial charge in [-0.1, -0.05) is 32.1 Å². The number of likely N-dealkylation sites (N-methyl/N-ethyl adjacent to an activating group) is 1. The normalized spacial score (nSPS) is 11.4. The number of carbonyl (C=O) groups excluding carboxylic acids is 3. The van der Waals surface area contributed by atoms with Crippen LogP contribution < -0.4 is 20.1 Å². The van der Waals surface area contributed by atoms with E-state index < -0.39 is 12.1 Å². The SMILES string of the molecule is COc1cc(CNC(=O)CCCC/C=C/C(C)C)ccc1OC(=O)NCC(=O)OCC[N+](C)(C)P. The minimum Gasteiger partial charge on any atom is -0.493 e. The van der Waals surface area contributed by atoms with E-state index in [0.717, 1.165) is 24.8 Å². The van der Waals surface area contributed by atoms with Crippen LogP contribution in [-0.2, 0) is 20.9 Å². The van der Waals surface area contributed by atoms with Gasteiger partial charge in [-0.25, -0.2) is 4.79 Å². The Kier molecular flexibility index (Phi) is 14.0. The Bertz CT molecular complexity index is 852. The molecule has 0 aliphatic rings. The van der Waals surface area contributed by atoms with Crippen LogP contribution >= 0.6 is 9.39 Å². The highest BCUT2D eigenvalue weighted by Crippen LogP contribution is 2.28. The van der Waals surface area contributed by atoms with Crippen LogP contribution in [0.5, 0.6) is 11.5 Å². The fourth-order valence-electron chi connectivity index (χ4n) is 2.84. The maximum Gasteiger partial charge on any atom is 0.413 e. The third-order valence-electron chi connectivity index (χ3n) is 4.77. The number of nitrogens with zero attached hydrogens (tertiary/aromatic N) is 1. The number of allylic oxidation sites excluding steroid dienone is 2. The molecule has 35 heavy (non-hydrogen) atoms. The van der Waals surface area contributed by atoms with Gasteiger partial charge >= 0.3 is 12.1 Å². The van der Waals surface area contributed by atoms with Gasteiger partial charge in [0, 0.05) is 13.0 Å². The Morgan fingerprint density at radius 1 is 1.11 bits per heavy atom. The van der Waals surface area contributed by atoms with Crippen LogP contribution in [-0.4, -0.2) is 63.1 Å². The Morgan fingerprint density at radius 2 is 1.86 bits per heavy atom. The number of amides is 2. The van der Waals surface area contributed by atoms with Crippen LogP contribution in [0, 0.1) is 5.92 Å². The summed E-state index contributed by atoms with van der Waals surface area (Å²) >= 11 is 0. The molecular weight excluding hydrogens is 469 g/mol. The van der Waals surface area contributed by atoms with Gasteiger partial charge in [-0.05, 0) is 42.9 Å². The van der Waals surface area contributed by atoms with Crippen molar-refractivity contribution in [3.63, 3.8) is 0 Å². The molecule has 10 heteroatoms. The summed E-state index contributed by atoms with van der Waals surface area (Å²) in [6.07, 6.45) is 6.81. The van der Waals surface area contributed by atoms with Gasteiger partial charge in [0.2, 0.25) is 5.91 Å². The number of rotatable bonds is 15. The number of hydrogen-bond acceptors (Lipinski definition) is 6. The maximum absolute atomic E-state index is 12.1. The molecule has 196 valence electrons. The first-order valence-electron chi connectivity index (χ1n) is 11.8. The molecule has 0 aromatic heterocycles. The number of quaternary nitrogens is 1. The van der Waals surface area contributed by atoms with E-state index in [1.807, 2.05) is 14.1 Å². The van der Waals surface area contributed by atoms with E-state index in [9.17, 15) is 14.4 Å². The van der Waals surface area contributed by atoms with Crippen molar-refractivity contribution in [2.45, 2.75) is 46.1 Å². The summed E-state index contributed by atoms with van der Waals surface area (Å²) in [6.45, 7) is 5.18. The average Bonchev–Trinajstić information content (AvgIpc) is 2.78. The van der Waals surface area contributed by atoms with Crippen LogP contribution in [0.25, 0.3) is 0 Å². The number of methoxy groups -OCH3 is 1. The van der Waals surface area contributed by atoms with Crippen molar-refractivity contribution in [2.75, 3.05) is 40.9 Å². The van der Waals surface area contributed by atoms with Gasteiger partial charge in [-0.3, -0.25) is 9.59 Å². The molecule has 0 fully saturated rings. The minimum absolute atomic E-state index is 0.0106. The number of benzene rings is 1. The Balaban J connectivity index is 2.41. The molecule has 0 spiro atoms. The molecule has 1 atom stereocenters. The summed E-state index contributed by atoms with van der Waals surface area (Å²) in [5.74, 6) is 0.526. The molecule has 0 aliphatic heterocycles. The fourth-order valence-corrected chi connectivity index (χ4v) is 2.94. The summed E-state index contributed by atoms with van der Waals surface area (Å²) in [7, 11) is 7.99. The second-order valence-corrected chi connectivity index (χ2v) is 10.5. The van der Waals surface area contributed by atoms with E-state index in [4.69, 9.17) is 14.2 Å². The zero-order chi connectivity index (χ0) is 26.3. The smallest absolute Gasteiger partial charge is 0.413 e. The molecule has 0 radical (unpaired) electrons. The predicted molar refractivity (Wildman–Crippen MR) is 139 cm³/mol. The minimum atomic E-state index is -0.799. The van der Waals surface area contributed by atoms with E-state index in [-0.39, 0.29) is 24.8 Å². The lowest BCUT2D eigenvalue weighted by Crippen LogP contribution is -2.35. The van der Waals surface area contributed by atoms with Crippen molar-refractivity contribution in [3.8, 4) is 11.5 Å². The molecule has 2 amide bonds. The van der Waals surface area contributed by atoms with Gasteiger partial charge in [0.05, 0.1) is 30.6 Å². The number of nitrogens with one attached hydrogen (secondary N) is 2. The standard InChI is InChI=1S/C25H40N3O6P/c1-19(2)10-8-6-7-9-11-23(29)26-17-20-12-13-21(22(16-20)32-5)34-25(31)27-18-24(30)33-15-14-28(3,4)35/h8,10,12-13,16,19H,6-7,9,11,14-15,17-18,35H2,1-5H3,(H-,26,27,29,31)/p+1/b10-8+. The van der Waals surface area contributed by atoms with Gasteiger partial charge in [-0.2, -0.15) is 0 Å². The highest BCUT2D eigenvalue weighted by molar-refractivity contribution is 7.08. The lowest BCUT2D eigenvalue weighted by atomic mass is 10.1. The second kappa shape index (κ2) is 16.1. The monoisotopic (exact) mass is 510 g/mol. The largest absolute Gasteiger partial charge is 0.493 e. The summed E-state index contributed by atoms with van der Waals surface area (Å²) < 4.78 is 16.2. The maximum atomic E-state index is 12.1. The quantitative estimate of drug-likeness (QED) is 0.162. The molecular formula is C25H41N3O6P+. The lowest BCUT2D eigenvalue weighted by Gasteiger charge is -2.22. The van der Waals surface area contributed by atoms with Gasteiger partial charge in [0.1, 0.15) is 19.7 Å². The highest BCUT2D eigenvalue weighted by atomic mass is 31.0. The van der Waals surface area contributed by atoms with Crippen LogP contribution in [0.2, 0.25) is 0 Å². The zero-order valence-electron chi connectivity index (χ0n) is 21.6. The topological polar surface area (TPSA) is 103 Å². The zero-order valence-corrected chi connectivity index (χ0v) is 22.7. The molecule has 1 aromatic rings. The fraction of sp³-hybridized carbons (Fsp3) is 0.560. The van der Waals surface area contributed by atoms with Gasteiger partial charge < -0.3 is 29.1 Å². The number of ether oxygens (including phenoxy) is 3. The lowest BCUT2D eigenvalue weighted by molar-refractivity contribution is -0.755. The Morgan fingerprint density at radius 3 is 2.51 bits per heavy atom. The van der Waals surface area contributed by atoms with Crippen molar-refractivity contribution in [1.82, 2.24) is 10.6 Å². The summed E-state index contributed by atoms with van der Waals surface area (Å²) in [4.78, 5) is 35.9. The van der Waals surface area contributed by atoms with Gasteiger partial charge in [0.25, 0.3) is 0 Å². The number of hydrogen-bond donors (Lipinski definition) is 2. The molecule has 1 unspecified atom stereocenters. The molecule has 9 nitrogen and oxygen atoms in total. The molecule has 1 rings (SSSR count). The highest BCUT2D eigenvalue weighted by Gasteiger charge is 2.14. The van der Waals surface area contributed by atoms with Crippen LogP contribution in [0.3, 0.4) is 0 Å². The first-order valence-corrected chi connectivity index (χ1v) is 12.3. The molecule has 0 saturated carbocycles. The van der Waals surface area contributed by atoms with Crippen molar-refractivity contribution >= 4 is 27.4 Å². The van der Waals surface area contributed by atoms with Crippen LogP contribution in [0.4, 0.5) is 4.79 Å². The third kappa shape index (κ3) is 15.1. The number of unbranched alkanes of at least 4 members (excludes halogenated alkanes) is 2. The van der Waals surface area contributed by atoms with Gasteiger partial charge in [-0.15, -0.1) is 0 Å². The van der Waals surface area contributed by atoms with Crippen molar-refractivity contribution in [2.24, 2.45) is 5.92 Å².